The molecule has 0 aliphatic carbocycles. The summed E-state index contributed by atoms with van der Waals surface area (Å²) in [6.45, 7) is 2.01. The minimum atomic E-state index is -0.697. The van der Waals surface area contributed by atoms with Crippen molar-refractivity contribution in [2.24, 2.45) is 7.05 Å². The van der Waals surface area contributed by atoms with E-state index in [1.54, 1.807) is 17.9 Å². The van der Waals surface area contributed by atoms with Crippen LogP contribution in [-0.2, 0) is 7.05 Å². The molecule has 0 aliphatic heterocycles. The summed E-state index contributed by atoms with van der Waals surface area (Å²) in [4.78, 5) is 0. The molecule has 1 N–H and O–H groups in total. The Morgan fingerprint density at radius 2 is 2.19 bits per heavy atom. The topological polar surface area (TPSA) is 50.9 Å². The molecule has 1 atom stereocenters. The van der Waals surface area contributed by atoms with Gasteiger partial charge in [0.05, 0.1) is 11.9 Å². The lowest BCUT2D eigenvalue weighted by molar-refractivity contribution is 0.209. The summed E-state index contributed by atoms with van der Waals surface area (Å²) in [6, 6.07) is 5.77. The Morgan fingerprint density at radius 3 is 2.75 bits per heavy atom. The second-order valence-electron chi connectivity index (χ2n) is 3.69. The number of aromatic nitrogens is 3. The van der Waals surface area contributed by atoms with Crippen molar-refractivity contribution in [1.82, 2.24) is 15.0 Å². The van der Waals surface area contributed by atoms with Crippen molar-refractivity contribution in [3.63, 3.8) is 0 Å². The lowest BCUT2D eigenvalue weighted by Crippen LogP contribution is -2.06. The van der Waals surface area contributed by atoms with Crippen LogP contribution in [0.25, 0.3) is 0 Å². The van der Waals surface area contributed by atoms with E-state index in [0.717, 1.165) is 15.6 Å². The molecule has 0 saturated carbocycles. The van der Waals surface area contributed by atoms with E-state index in [9.17, 15) is 5.11 Å². The van der Waals surface area contributed by atoms with E-state index in [4.69, 9.17) is 0 Å². The predicted molar refractivity (Wildman–Crippen MR) is 63.9 cm³/mol. The van der Waals surface area contributed by atoms with Gasteiger partial charge in [0.25, 0.3) is 0 Å². The average Bonchev–Trinajstić information content (AvgIpc) is 2.67. The smallest absolute Gasteiger partial charge is 0.122 e. The van der Waals surface area contributed by atoms with Gasteiger partial charge in [-0.3, -0.25) is 0 Å². The Hall–Kier alpha value is -1.20. The number of halogens is 1. The van der Waals surface area contributed by atoms with E-state index >= 15 is 0 Å². The molecule has 2 rings (SSSR count). The van der Waals surface area contributed by atoms with Crippen molar-refractivity contribution in [2.75, 3.05) is 0 Å². The van der Waals surface area contributed by atoms with Crippen LogP contribution in [0.2, 0.25) is 0 Å². The molecule has 0 fully saturated rings. The van der Waals surface area contributed by atoms with Crippen LogP contribution in [0.4, 0.5) is 0 Å². The minimum Gasteiger partial charge on any atom is -0.382 e. The molecular weight excluding hydrogens is 270 g/mol. The van der Waals surface area contributed by atoms with Gasteiger partial charge >= 0.3 is 0 Å². The number of hydrogen-bond donors (Lipinski definition) is 1. The third kappa shape index (κ3) is 2.01. The van der Waals surface area contributed by atoms with Crippen molar-refractivity contribution in [3.8, 4) is 0 Å². The number of benzene rings is 1. The van der Waals surface area contributed by atoms with Crippen molar-refractivity contribution in [1.29, 1.82) is 0 Å². The average molecular weight is 282 g/mol. The number of nitrogens with zero attached hydrogens (tertiary/aromatic N) is 3. The second kappa shape index (κ2) is 4.35. The highest BCUT2D eigenvalue weighted by Gasteiger charge is 2.15. The minimum absolute atomic E-state index is 0.677. The quantitative estimate of drug-likeness (QED) is 0.916. The molecule has 0 radical (unpaired) electrons. The van der Waals surface area contributed by atoms with E-state index in [2.05, 4.69) is 26.2 Å². The first-order chi connectivity index (χ1) is 7.59. The molecule has 4 nitrogen and oxygen atoms in total. The Morgan fingerprint density at radius 1 is 1.44 bits per heavy atom. The molecule has 84 valence electrons. The van der Waals surface area contributed by atoms with Crippen LogP contribution >= 0.6 is 15.9 Å². The third-order valence-corrected chi connectivity index (χ3v) is 3.40. The van der Waals surface area contributed by atoms with E-state index in [-0.39, 0.29) is 0 Å². The molecule has 0 saturated heterocycles. The van der Waals surface area contributed by atoms with E-state index in [1.807, 2.05) is 25.1 Å². The lowest BCUT2D eigenvalue weighted by atomic mass is 10.1. The Kier molecular flexibility index (Phi) is 3.07. The highest BCUT2D eigenvalue weighted by atomic mass is 79.9. The summed E-state index contributed by atoms with van der Waals surface area (Å²) >= 11 is 3.45. The van der Waals surface area contributed by atoms with Gasteiger partial charge in [0.15, 0.2) is 0 Å². The Labute approximate surface area is 102 Å². The van der Waals surface area contributed by atoms with Crippen LogP contribution in [0, 0.1) is 6.92 Å². The van der Waals surface area contributed by atoms with Crippen LogP contribution < -0.4 is 0 Å². The van der Waals surface area contributed by atoms with Gasteiger partial charge < -0.3 is 5.11 Å². The van der Waals surface area contributed by atoms with Gasteiger partial charge in [-0.25, -0.2) is 4.68 Å². The Balaban J connectivity index is 2.38. The maximum absolute atomic E-state index is 10.2. The summed E-state index contributed by atoms with van der Waals surface area (Å²) in [5, 5.41) is 17.7. The standard InChI is InChI=1S/C11H12BrN3O/c1-7-3-4-8(5-9(7)12)11(16)10-6-13-14-15(10)2/h3-6,11,16H,1-2H3. The monoisotopic (exact) mass is 281 g/mol. The molecule has 16 heavy (non-hydrogen) atoms. The van der Waals surface area contributed by atoms with Crippen molar-refractivity contribution >= 4 is 15.9 Å². The Bertz CT molecular complexity index is 510. The molecule has 2 aromatic rings. The molecule has 1 unspecified atom stereocenters. The molecular formula is C11H12BrN3O. The molecule has 1 aromatic carbocycles. The number of hydrogen-bond acceptors (Lipinski definition) is 3. The number of aliphatic hydroxyl groups is 1. The maximum atomic E-state index is 10.2. The summed E-state index contributed by atoms with van der Waals surface area (Å²) in [5.74, 6) is 0. The molecule has 1 aromatic heterocycles. The van der Waals surface area contributed by atoms with Crippen LogP contribution in [0.3, 0.4) is 0 Å². The van der Waals surface area contributed by atoms with Crippen LogP contribution in [0.5, 0.6) is 0 Å². The SMILES string of the molecule is Cc1ccc(C(O)c2cnnn2C)cc1Br. The first kappa shape index (κ1) is 11.3. The summed E-state index contributed by atoms with van der Waals surface area (Å²) in [7, 11) is 1.76. The van der Waals surface area contributed by atoms with Gasteiger partial charge in [-0.1, -0.05) is 33.3 Å². The molecule has 1 heterocycles. The normalized spacial score (nSPS) is 12.8. The number of aryl methyl sites for hydroxylation is 2. The number of rotatable bonds is 2. The van der Waals surface area contributed by atoms with E-state index < -0.39 is 6.10 Å². The van der Waals surface area contributed by atoms with Gasteiger partial charge in [-0.05, 0) is 24.1 Å². The van der Waals surface area contributed by atoms with E-state index in [1.165, 1.54) is 0 Å². The van der Waals surface area contributed by atoms with Crippen LogP contribution in [-0.4, -0.2) is 20.1 Å². The second-order valence-corrected chi connectivity index (χ2v) is 4.55. The lowest BCUT2D eigenvalue weighted by Gasteiger charge is -2.11. The summed E-state index contributed by atoms with van der Waals surface area (Å²) in [5.41, 5.74) is 2.64. The zero-order valence-corrected chi connectivity index (χ0v) is 10.6. The van der Waals surface area contributed by atoms with Gasteiger partial charge in [0.2, 0.25) is 0 Å². The first-order valence-electron chi connectivity index (χ1n) is 4.88. The molecule has 0 aliphatic rings. The number of aliphatic hydroxyl groups excluding tert-OH is 1. The summed E-state index contributed by atoms with van der Waals surface area (Å²) < 4.78 is 2.55. The van der Waals surface area contributed by atoms with Gasteiger partial charge in [-0.15, -0.1) is 5.10 Å². The van der Waals surface area contributed by atoms with Gasteiger partial charge in [0, 0.05) is 11.5 Å². The van der Waals surface area contributed by atoms with Gasteiger partial charge in [-0.2, -0.15) is 0 Å². The highest BCUT2D eigenvalue weighted by Crippen LogP contribution is 2.25. The van der Waals surface area contributed by atoms with Crippen molar-refractivity contribution in [2.45, 2.75) is 13.0 Å². The predicted octanol–water partition coefficient (Wildman–Crippen LogP) is 1.97. The fourth-order valence-corrected chi connectivity index (χ4v) is 1.89. The van der Waals surface area contributed by atoms with Crippen LogP contribution in [0.15, 0.2) is 28.9 Å². The fraction of sp³-hybridized carbons (Fsp3) is 0.273. The zero-order valence-electron chi connectivity index (χ0n) is 9.05. The summed E-state index contributed by atoms with van der Waals surface area (Å²) in [6.07, 6.45) is 0.871. The highest BCUT2D eigenvalue weighted by molar-refractivity contribution is 9.10. The molecule has 5 heteroatoms. The van der Waals surface area contributed by atoms with E-state index in [0.29, 0.717) is 5.69 Å². The molecule has 0 amide bonds. The molecule has 0 spiro atoms. The van der Waals surface area contributed by atoms with Crippen molar-refractivity contribution < 1.29 is 5.11 Å². The molecule has 0 bridgehead atoms. The fourth-order valence-electron chi connectivity index (χ4n) is 1.50. The van der Waals surface area contributed by atoms with Crippen LogP contribution in [0.1, 0.15) is 22.9 Å². The zero-order chi connectivity index (χ0) is 11.7. The van der Waals surface area contributed by atoms with Gasteiger partial charge in [0.1, 0.15) is 6.10 Å². The third-order valence-electron chi connectivity index (χ3n) is 2.54. The maximum Gasteiger partial charge on any atom is 0.122 e. The largest absolute Gasteiger partial charge is 0.382 e. The first-order valence-corrected chi connectivity index (χ1v) is 5.67. The van der Waals surface area contributed by atoms with Crippen molar-refractivity contribution in [3.05, 3.63) is 45.7 Å².